The fourth-order valence-corrected chi connectivity index (χ4v) is 10.3. The smallest absolute Gasteiger partial charge is 0.148 e. The number of furan rings is 1. The Hall–Kier alpha value is -7.73. The third-order valence-corrected chi connectivity index (χ3v) is 13.7. The van der Waals surface area contributed by atoms with Crippen LogP contribution in [0.25, 0.3) is 44.2 Å². The molecule has 0 radical (unpaired) electrons. The summed E-state index contributed by atoms with van der Waals surface area (Å²) in [5.41, 5.74) is 16.8. The Morgan fingerprint density at radius 1 is 0.585 bits per heavy atom. The summed E-state index contributed by atoms with van der Waals surface area (Å²) in [7, 11) is 0. The minimum atomic E-state index is -0.326. The average molecular weight is 841 g/mol. The van der Waals surface area contributed by atoms with Crippen molar-refractivity contribution < 1.29 is 4.42 Å². The van der Waals surface area contributed by atoms with Gasteiger partial charge in [0, 0.05) is 28.1 Å². The van der Waals surface area contributed by atoms with E-state index in [0.717, 1.165) is 67.9 Å². The minimum absolute atomic E-state index is 0.130. The van der Waals surface area contributed by atoms with E-state index in [1.54, 1.807) is 0 Å². The maximum absolute atomic E-state index is 7.00. The molecule has 0 saturated heterocycles. The number of para-hydroxylation sites is 1. The Labute approximate surface area is 380 Å². The lowest BCUT2D eigenvalue weighted by Gasteiger charge is -2.33. The number of amidine groups is 1. The topological polar surface area (TPSA) is 52.8 Å². The molecular formula is C60H48N4O. The molecule has 0 saturated carbocycles. The Morgan fingerprint density at radius 2 is 1.25 bits per heavy atom. The molecule has 0 fully saturated rings. The van der Waals surface area contributed by atoms with Crippen LogP contribution in [0.15, 0.2) is 222 Å². The van der Waals surface area contributed by atoms with Crippen molar-refractivity contribution in [2.24, 2.45) is 4.99 Å². The van der Waals surface area contributed by atoms with Gasteiger partial charge in [0.05, 0.1) is 16.6 Å². The summed E-state index contributed by atoms with van der Waals surface area (Å²) in [5.74, 6) is 1.14. The molecule has 1 aliphatic heterocycles. The maximum Gasteiger partial charge on any atom is 0.148 e. The lowest BCUT2D eigenvalue weighted by molar-refractivity contribution is 0.408. The van der Waals surface area contributed by atoms with E-state index in [-0.39, 0.29) is 17.7 Å². The molecule has 314 valence electrons. The van der Waals surface area contributed by atoms with E-state index < -0.39 is 0 Å². The Balaban J connectivity index is 1.02. The van der Waals surface area contributed by atoms with Gasteiger partial charge in [0.2, 0.25) is 0 Å². The molecule has 2 N–H and O–H groups in total. The lowest BCUT2D eigenvalue weighted by atomic mass is 9.82. The van der Waals surface area contributed by atoms with Crippen LogP contribution in [-0.2, 0) is 5.41 Å². The summed E-state index contributed by atoms with van der Waals surface area (Å²) in [6.07, 6.45) is 9.30. The van der Waals surface area contributed by atoms with Crippen LogP contribution < -0.4 is 15.5 Å². The number of nitrogens with zero attached hydrogens (tertiary/aromatic N) is 2. The second-order valence-corrected chi connectivity index (χ2v) is 17.9. The standard InChI is InChI=1S/C60H48N4O/c1-60(2)51-24-14-12-22-47(51)48-35-30-44(38-52(48)60)58-61-57(43-20-10-5-11-21-43)62-59(63-58)50-36-37-53(55-49-23-13-15-25-54(49)65-56(50)55)64(45-31-26-41(27-32-45)39-16-6-3-7-17-39)46-33-28-42(29-34-46)40-18-8-4-9-19-40/h3-18,20-38,40,57-58,61H,19H2,1-2H3,(H,62,63). The van der Waals surface area contributed by atoms with Gasteiger partial charge in [-0.15, -0.1) is 0 Å². The zero-order valence-corrected chi connectivity index (χ0v) is 36.4. The maximum atomic E-state index is 7.00. The minimum Gasteiger partial charge on any atom is -0.455 e. The summed E-state index contributed by atoms with van der Waals surface area (Å²) in [6, 6.07) is 67.7. The number of fused-ring (bicyclic) bond motifs is 6. The van der Waals surface area contributed by atoms with Crippen LogP contribution in [0.5, 0.6) is 0 Å². The molecule has 3 atom stereocenters. The Kier molecular flexibility index (Phi) is 9.46. The Bertz CT molecular complexity index is 3330. The molecular weight excluding hydrogens is 793 g/mol. The highest BCUT2D eigenvalue weighted by Crippen LogP contribution is 2.50. The number of allylic oxidation sites excluding steroid dienone is 4. The first kappa shape index (κ1) is 38.9. The zero-order chi connectivity index (χ0) is 43.5. The fraction of sp³-hybridized carbons (Fsp3) is 0.117. The van der Waals surface area contributed by atoms with Gasteiger partial charge >= 0.3 is 0 Å². The van der Waals surface area contributed by atoms with E-state index in [2.05, 4.69) is 236 Å². The molecule has 3 aliphatic rings. The average Bonchev–Trinajstić information content (AvgIpc) is 3.87. The van der Waals surface area contributed by atoms with E-state index in [1.165, 1.54) is 38.9 Å². The molecule has 8 aromatic carbocycles. The molecule has 0 bridgehead atoms. The first-order valence-electron chi connectivity index (χ1n) is 22.7. The van der Waals surface area contributed by atoms with Crippen LogP contribution in [0.3, 0.4) is 0 Å². The molecule has 1 aromatic heterocycles. The van der Waals surface area contributed by atoms with Gasteiger partial charge in [-0.2, -0.15) is 0 Å². The van der Waals surface area contributed by atoms with Crippen molar-refractivity contribution in [1.29, 1.82) is 0 Å². The van der Waals surface area contributed by atoms with E-state index in [4.69, 9.17) is 9.41 Å². The predicted octanol–water partition coefficient (Wildman–Crippen LogP) is 15.0. The van der Waals surface area contributed by atoms with E-state index in [0.29, 0.717) is 5.92 Å². The van der Waals surface area contributed by atoms with Gasteiger partial charge in [-0.3, -0.25) is 5.32 Å². The van der Waals surface area contributed by atoms with Gasteiger partial charge in [0.15, 0.2) is 0 Å². The summed E-state index contributed by atoms with van der Waals surface area (Å²) < 4.78 is 7.00. The van der Waals surface area contributed by atoms with Crippen molar-refractivity contribution >= 4 is 44.8 Å². The molecule has 9 aromatic rings. The lowest BCUT2D eigenvalue weighted by Crippen LogP contribution is -2.45. The highest BCUT2D eigenvalue weighted by molar-refractivity contribution is 6.20. The number of benzene rings is 8. The van der Waals surface area contributed by atoms with Crippen molar-refractivity contribution in [2.45, 2.75) is 43.9 Å². The first-order chi connectivity index (χ1) is 32.0. The highest BCUT2D eigenvalue weighted by Gasteiger charge is 2.37. The summed E-state index contributed by atoms with van der Waals surface area (Å²) in [5, 5.41) is 9.78. The predicted molar refractivity (Wildman–Crippen MR) is 268 cm³/mol. The van der Waals surface area contributed by atoms with Crippen LogP contribution >= 0.6 is 0 Å². The van der Waals surface area contributed by atoms with Crippen LogP contribution in [0.1, 0.15) is 71.9 Å². The van der Waals surface area contributed by atoms with Crippen LogP contribution in [0, 0.1) is 0 Å². The molecule has 65 heavy (non-hydrogen) atoms. The van der Waals surface area contributed by atoms with Crippen molar-refractivity contribution in [3.63, 3.8) is 0 Å². The van der Waals surface area contributed by atoms with Gasteiger partial charge in [-0.1, -0.05) is 184 Å². The molecule has 5 heteroatoms. The zero-order valence-electron chi connectivity index (χ0n) is 36.4. The number of hydrogen-bond acceptors (Lipinski definition) is 5. The molecule has 12 rings (SSSR count). The third-order valence-electron chi connectivity index (χ3n) is 13.7. The largest absolute Gasteiger partial charge is 0.455 e. The first-order valence-corrected chi connectivity index (χ1v) is 22.7. The number of aliphatic imine (C=N–C) groups is 1. The summed E-state index contributed by atoms with van der Waals surface area (Å²) >= 11 is 0. The summed E-state index contributed by atoms with van der Waals surface area (Å²) in [4.78, 5) is 7.91. The highest BCUT2D eigenvalue weighted by atomic mass is 16.3. The second kappa shape index (κ2) is 15.8. The summed E-state index contributed by atoms with van der Waals surface area (Å²) in [6.45, 7) is 4.67. The molecule has 0 spiro atoms. The van der Waals surface area contributed by atoms with Crippen molar-refractivity contribution in [2.75, 3.05) is 4.90 Å². The van der Waals surface area contributed by atoms with E-state index in [9.17, 15) is 0 Å². The normalized spacial score (nSPS) is 18.2. The molecule has 5 nitrogen and oxygen atoms in total. The number of hydrogen-bond donors (Lipinski definition) is 2. The molecule has 2 heterocycles. The van der Waals surface area contributed by atoms with Crippen molar-refractivity contribution in [3.8, 4) is 22.3 Å². The van der Waals surface area contributed by atoms with Crippen LogP contribution in [0.2, 0.25) is 0 Å². The van der Waals surface area contributed by atoms with Gasteiger partial charge in [-0.05, 0) is 99.0 Å². The number of nitrogens with one attached hydrogen (secondary N) is 2. The molecule has 2 aliphatic carbocycles. The van der Waals surface area contributed by atoms with Crippen molar-refractivity contribution in [3.05, 3.63) is 246 Å². The van der Waals surface area contributed by atoms with Crippen molar-refractivity contribution in [1.82, 2.24) is 10.6 Å². The fourth-order valence-electron chi connectivity index (χ4n) is 10.3. The van der Waals surface area contributed by atoms with Gasteiger partial charge in [0.1, 0.15) is 29.3 Å². The number of anilines is 3. The van der Waals surface area contributed by atoms with Crippen LogP contribution in [-0.4, -0.2) is 5.84 Å². The quantitative estimate of drug-likeness (QED) is 0.160. The van der Waals surface area contributed by atoms with E-state index in [1.807, 2.05) is 6.07 Å². The SMILES string of the molecule is CC1(C)c2ccccc2-c2ccc(C3N=C(c4ccc(N(c5ccc(-c6ccccc6)cc5)c5ccc(C6C=CC=CC6)cc5)c5c4oc4ccccc45)NC(c4ccccc4)N3)cc21. The Morgan fingerprint density at radius 3 is 2.03 bits per heavy atom. The molecule has 3 unspecified atom stereocenters. The van der Waals surface area contributed by atoms with Gasteiger partial charge in [-0.25, -0.2) is 4.99 Å². The van der Waals surface area contributed by atoms with E-state index >= 15 is 0 Å². The third kappa shape index (κ3) is 6.79. The van der Waals surface area contributed by atoms with Gasteiger partial charge in [0.25, 0.3) is 0 Å². The molecule has 0 amide bonds. The van der Waals surface area contributed by atoms with Crippen LogP contribution in [0.4, 0.5) is 17.1 Å². The number of rotatable bonds is 8. The second-order valence-electron chi connectivity index (χ2n) is 17.9. The van der Waals surface area contributed by atoms with Gasteiger partial charge < -0.3 is 14.6 Å². The monoisotopic (exact) mass is 840 g/mol.